The number of aromatic nitrogens is 1. The summed E-state index contributed by atoms with van der Waals surface area (Å²) in [6.07, 6.45) is -1.60. The second kappa shape index (κ2) is 9.30. The van der Waals surface area contributed by atoms with Crippen LogP contribution >= 0.6 is 12.4 Å². The Morgan fingerprint density at radius 1 is 1.30 bits per heavy atom. The third-order valence-corrected chi connectivity index (χ3v) is 3.69. The maximum Gasteiger partial charge on any atom is 0.515 e. The molecule has 152 valence electrons. The van der Waals surface area contributed by atoms with Gasteiger partial charge in [0.05, 0.1) is 18.2 Å². The highest BCUT2D eigenvalue weighted by Crippen LogP contribution is 2.33. The maximum absolute atomic E-state index is 11.7. The number of aliphatic hydroxyl groups excluding tert-OH is 1. The van der Waals surface area contributed by atoms with Crippen molar-refractivity contribution in [1.82, 2.24) is 10.3 Å². The van der Waals surface area contributed by atoms with Gasteiger partial charge in [0, 0.05) is 23.5 Å². The maximum atomic E-state index is 11.7. The summed E-state index contributed by atoms with van der Waals surface area (Å²) in [4.78, 5) is 14.6. The number of hydrogen-bond acceptors (Lipinski definition) is 6. The zero-order valence-corrected chi connectivity index (χ0v) is 17.1. The van der Waals surface area contributed by atoms with Crippen molar-refractivity contribution in [2.45, 2.75) is 46.3 Å². The minimum atomic E-state index is -0.818. The molecule has 8 heteroatoms. The second-order valence-corrected chi connectivity index (χ2v) is 7.80. The highest BCUT2D eigenvalue weighted by Gasteiger charge is 2.19. The molecular formula is C19H29ClN2O5. The zero-order chi connectivity index (χ0) is 19.5. The van der Waals surface area contributed by atoms with Crippen LogP contribution in [-0.4, -0.2) is 40.0 Å². The Hall–Kier alpha value is -1.96. The molecule has 1 aromatic heterocycles. The number of phenols is 1. The summed E-state index contributed by atoms with van der Waals surface area (Å²) >= 11 is 0. The summed E-state index contributed by atoms with van der Waals surface area (Å²) in [5.41, 5.74) is 0.879. The molecule has 0 saturated heterocycles. The predicted molar refractivity (Wildman–Crippen MR) is 107 cm³/mol. The van der Waals surface area contributed by atoms with Gasteiger partial charge in [0.1, 0.15) is 5.75 Å². The van der Waals surface area contributed by atoms with Crippen LogP contribution in [0.25, 0.3) is 10.9 Å². The topological polar surface area (TPSA) is 104 Å². The first-order chi connectivity index (χ1) is 12.1. The number of β-amino-alcohol motifs (C(OH)–C–C–N with tert-alkyl or cyclic N) is 1. The van der Waals surface area contributed by atoms with Crippen molar-refractivity contribution in [3.8, 4) is 11.6 Å². The minimum absolute atomic E-state index is 0. The van der Waals surface area contributed by atoms with E-state index >= 15 is 0 Å². The van der Waals surface area contributed by atoms with Gasteiger partial charge in [-0.15, -0.1) is 12.4 Å². The van der Waals surface area contributed by atoms with Gasteiger partial charge in [-0.1, -0.05) is 19.9 Å². The average Bonchev–Trinajstić information content (AvgIpc) is 2.94. The second-order valence-electron chi connectivity index (χ2n) is 7.80. The Kier molecular flexibility index (Phi) is 7.95. The number of halogens is 1. The number of rotatable bonds is 6. The molecule has 1 atom stereocenters. The van der Waals surface area contributed by atoms with Crippen molar-refractivity contribution in [2.75, 3.05) is 13.2 Å². The fourth-order valence-electron chi connectivity index (χ4n) is 2.41. The summed E-state index contributed by atoms with van der Waals surface area (Å²) < 4.78 is 10.1. The molecule has 0 saturated carbocycles. The van der Waals surface area contributed by atoms with Gasteiger partial charge in [0.15, 0.2) is 0 Å². The lowest BCUT2D eigenvalue weighted by Crippen LogP contribution is -2.38. The first-order valence-corrected chi connectivity index (χ1v) is 8.69. The average molecular weight is 401 g/mol. The van der Waals surface area contributed by atoms with Crippen molar-refractivity contribution in [2.24, 2.45) is 5.92 Å². The van der Waals surface area contributed by atoms with Gasteiger partial charge in [-0.25, -0.2) is 4.79 Å². The van der Waals surface area contributed by atoms with Crippen LogP contribution in [-0.2, 0) is 4.74 Å². The van der Waals surface area contributed by atoms with Crippen molar-refractivity contribution >= 4 is 29.5 Å². The van der Waals surface area contributed by atoms with Gasteiger partial charge < -0.3 is 30.0 Å². The molecule has 0 amide bonds. The zero-order valence-electron chi connectivity index (χ0n) is 16.3. The quantitative estimate of drug-likeness (QED) is 0.548. The van der Waals surface area contributed by atoms with Crippen LogP contribution in [0.5, 0.6) is 11.6 Å². The number of aliphatic hydroxyl groups is 1. The Bertz CT molecular complexity index is 767. The fourth-order valence-corrected chi connectivity index (χ4v) is 2.41. The lowest BCUT2D eigenvalue weighted by atomic mass is 10.0. The summed E-state index contributed by atoms with van der Waals surface area (Å²) in [5, 5.41) is 24.4. The van der Waals surface area contributed by atoms with Crippen LogP contribution in [0.4, 0.5) is 4.79 Å². The van der Waals surface area contributed by atoms with Gasteiger partial charge in [-0.2, -0.15) is 0 Å². The molecule has 0 aliphatic carbocycles. The number of ether oxygens (including phenoxy) is 2. The molecule has 0 aliphatic heterocycles. The molecule has 4 N–H and O–H groups in total. The van der Waals surface area contributed by atoms with E-state index in [4.69, 9.17) is 9.47 Å². The third kappa shape index (κ3) is 6.61. The fraction of sp³-hybridized carbons (Fsp3) is 0.526. The van der Waals surface area contributed by atoms with Crippen LogP contribution in [0.2, 0.25) is 0 Å². The van der Waals surface area contributed by atoms with Crippen LogP contribution in [0.15, 0.2) is 18.2 Å². The van der Waals surface area contributed by atoms with E-state index in [1.165, 1.54) is 6.07 Å². The Morgan fingerprint density at radius 2 is 1.96 bits per heavy atom. The minimum Gasteiger partial charge on any atom is -0.506 e. The smallest absolute Gasteiger partial charge is 0.506 e. The molecule has 2 rings (SSSR count). The highest BCUT2D eigenvalue weighted by atomic mass is 35.5. The number of phenolic OH excluding ortho intramolecular Hbond substituents is 1. The van der Waals surface area contributed by atoms with Gasteiger partial charge in [-0.05, 0) is 38.3 Å². The van der Waals surface area contributed by atoms with Crippen molar-refractivity contribution in [3.63, 3.8) is 0 Å². The van der Waals surface area contributed by atoms with Crippen molar-refractivity contribution in [3.05, 3.63) is 23.8 Å². The molecule has 2 aromatic rings. The molecule has 0 aliphatic rings. The SMILES string of the molecule is CC(C)COC(=O)Oc1cc2c(C(O)CNC(C)(C)C)ccc(O)c2[nH]1.Cl. The summed E-state index contributed by atoms with van der Waals surface area (Å²) in [5.74, 6) is 0.351. The molecule has 0 fully saturated rings. The summed E-state index contributed by atoms with van der Waals surface area (Å²) in [6, 6.07) is 4.72. The Morgan fingerprint density at radius 3 is 2.56 bits per heavy atom. The lowest BCUT2D eigenvalue weighted by molar-refractivity contribution is 0.0874. The van der Waals surface area contributed by atoms with Gasteiger partial charge >= 0.3 is 6.16 Å². The summed E-state index contributed by atoms with van der Waals surface area (Å²) in [7, 11) is 0. The van der Waals surface area contributed by atoms with Crippen LogP contribution in [0.1, 0.15) is 46.3 Å². The van der Waals surface area contributed by atoms with E-state index in [-0.39, 0.29) is 42.1 Å². The van der Waals surface area contributed by atoms with E-state index in [1.54, 1.807) is 12.1 Å². The Labute approximate surface area is 165 Å². The molecular weight excluding hydrogens is 372 g/mol. The number of aromatic hydroxyl groups is 1. The van der Waals surface area contributed by atoms with Crippen molar-refractivity contribution < 1.29 is 24.5 Å². The molecule has 0 bridgehead atoms. The first-order valence-electron chi connectivity index (χ1n) is 8.69. The number of fused-ring (bicyclic) bond motifs is 1. The Balaban J connectivity index is 0.00000364. The first kappa shape index (κ1) is 23.1. The predicted octanol–water partition coefficient (Wildman–Crippen LogP) is 3.89. The molecule has 7 nitrogen and oxygen atoms in total. The van der Waals surface area contributed by atoms with Crippen molar-refractivity contribution in [1.29, 1.82) is 0 Å². The standard InChI is InChI=1S/C19H28N2O5.ClH/c1-11(2)10-25-18(24)26-16-8-13-12(6-7-14(22)17(13)21-16)15(23)9-20-19(3,4)5;/h6-8,11,15,20-23H,9-10H2,1-5H3;1H. The van der Waals surface area contributed by atoms with Gasteiger partial charge in [-0.3, -0.25) is 0 Å². The van der Waals surface area contributed by atoms with Gasteiger partial charge in [0.2, 0.25) is 5.88 Å². The van der Waals surface area contributed by atoms with E-state index in [0.717, 1.165) is 0 Å². The number of carbonyl (C=O) groups is 1. The van der Waals surface area contributed by atoms with Crippen LogP contribution < -0.4 is 10.1 Å². The number of aromatic amines is 1. The van der Waals surface area contributed by atoms with Crippen LogP contribution in [0, 0.1) is 5.92 Å². The van der Waals surface area contributed by atoms with E-state index < -0.39 is 12.3 Å². The monoisotopic (exact) mass is 400 g/mol. The molecule has 0 spiro atoms. The van der Waals surface area contributed by atoms with E-state index in [2.05, 4.69) is 10.3 Å². The molecule has 0 radical (unpaired) electrons. The number of hydrogen-bond donors (Lipinski definition) is 4. The largest absolute Gasteiger partial charge is 0.515 e. The third-order valence-electron chi connectivity index (χ3n) is 3.69. The number of carbonyl (C=O) groups excluding carboxylic acids is 1. The number of nitrogens with one attached hydrogen (secondary N) is 2. The van der Waals surface area contributed by atoms with E-state index in [9.17, 15) is 15.0 Å². The lowest BCUT2D eigenvalue weighted by Gasteiger charge is -2.23. The van der Waals surface area contributed by atoms with E-state index in [0.29, 0.717) is 23.0 Å². The molecule has 27 heavy (non-hydrogen) atoms. The van der Waals surface area contributed by atoms with E-state index in [1.807, 2.05) is 34.6 Å². The van der Waals surface area contributed by atoms with Crippen LogP contribution in [0.3, 0.4) is 0 Å². The highest BCUT2D eigenvalue weighted by molar-refractivity contribution is 5.90. The number of benzene rings is 1. The normalized spacial score (nSPS) is 12.7. The summed E-state index contributed by atoms with van der Waals surface area (Å²) in [6.45, 7) is 10.5. The molecule has 1 heterocycles. The van der Waals surface area contributed by atoms with Gasteiger partial charge in [0.25, 0.3) is 0 Å². The number of H-pyrrole nitrogens is 1. The molecule has 1 unspecified atom stereocenters. The molecule has 1 aromatic carbocycles.